The van der Waals surface area contributed by atoms with Crippen molar-refractivity contribution in [2.24, 2.45) is 0 Å². The first-order valence-corrected chi connectivity index (χ1v) is 5.65. The monoisotopic (exact) mass is 266 g/mol. The number of carboxylic acids is 1. The molecule has 0 amide bonds. The molecule has 0 saturated carbocycles. The highest BCUT2D eigenvalue weighted by molar-refractivity contribution is 5.81. The van der Waals surface area contributed by atoms with E-state index in [1.54, 1.807) is 12.1 Å². The van der Waals surface area contributed by atoms with Gasteiger partial charge in [-0.2, -0.15) is 0 Å². The van der Waals surface area contributed by atoms with E-state index in [-0.39, 0.29) is 12.0 Å². The third-order valence-electron chi connectivity index (χ3n) is 3.11. The maximum Gasteiger partial charge on any atom is 0.314 e. The molecule has 19 heavy (non-hydrogen) atoms. The van der Waals surface area contributed by atoms with E-state index in [4.69, 9.17) is 4.42 Å². The zero-order valence-electron chi connectivity index (χ0n) is 10.2. The summed E-state index contributed by atoms with van der Waals surface area (Å²) < 4.78 is 31.8. The standard InChI is InChI=1S/C14H12F2O3/c1-14(13(17)18,8-10-3-2-6-19-10)11-5-4-9(15)7-12(11)16/h2-7H,8H2,1H3,(H,17,18). The Balaban J connectivity index is 2.47. The van der Waals surface area contributed by atoms with Gasteiger partial charge in [-0.1, -0.05) is 6.07 Å². The summed E-state index contributed by atoms with van der Waals surface area (Å²) in [6.45, 7) is 1.38. The molecule has 1 atom stereocenters. The molecule has 2 aromatic rings. The SMILES string of the molecule is CC(Cc1ccco1)(C(=O)O)c1ccc(F)cc1F. The van der Waals surface area contributed by atoms with Crippen LogP contribution in [0.1, 0.15) is 18.2 Å². The van der Waals surface area contributed by atoms with Gasteiger partial charge in [0.25, 0.3) is 0 Å². The van der Waals surface area contributed by atoms with E-state index in [0.29, 0.717) is 11.8 Å². The molecule has 0 aliphatic carbocycles. The third kappa shape index (κ3) is 2.50. The molecule has 0 saturated heterocycles. The maximum atomic E-state index is 13.8. The van der Waals surface area contributed by atoms with Crippen LogP contribution in [0.4, 0.5) is 8.78 Å². The lowest BCUT2D eigenvalue weighted by atomic mass is 9.78. The average molecular weight is 266 g/mol. The van der Waals surface area contributed by atoms with E-state index < -0.39 is 23.0 Å². The average Bonchev–Trinajstić information content (AvgIpc) is 2.81. The van der Waals surface area contributed by atoms with Gasteiger partial charge >= 0.3 is 5.97 Å². The minimum absolute atomic E-state index is 0.0160. The van der Waals surface area contributed by atoms with Gasteiger partial charge in [0.1, 0.15) is 17.4 Å². The second-order valence-electron chi connectivity index (χ2n) is 4.52. The quantitative estimate of drug-likeness (QED) is 0.924. The van der Waals surface area contributed by atoms with Gasteiger partial charge in [0.15, 0.2) is 0 Å². The van der Waals surface area contributed by atoms with Gasteiger partial charge in [0.2, 0.25) is 0 Å². The minimum Gasteiger partial charge on any atom is -0.481 e. The van der Waals surface area contributed by atoms with Gasteiger partial charge in [0.05, 0.1) is 11.7 Å². The Labute approximate surface area is 108 Å². The highest BCUT2D eigenvalue weighted by Gasteiger charge is 2.38. The lowest BCUT2D eigenvalue weighted by Gasteiger charge is -2.24. The molecule has 1 unspecified atom stereocenters. The molecule has 1 heterocycles. The van der Waals surface area contributed by atoms with E-state index in [0.717, 1.165) is 12.1 Å². The minimum atomic E-state index is -1.52. The first-order valence-electron chi connectivity index (χ1n) is 5.65. The summed E-state index contributed by atoms with van der Waals surface area (Å²) in [6, 6.07) is 6.11. The number of benzene rings is 1. The summed E-state index contributed by atoms with van der Waals surface area (Å²) in [5.41, 5.74) is -1.59. The van der Waals surface area contributed by atoms with Crippen LogP contribution in [0, 0.1) is 11.6 Å². The second-order valence-corrected chi connectivity index (χ2v) is 4.52. The van der Waals surface area contributed by atoms with Crippen molar-refractivity contribution in [3.8, 4) is 0 Å². The van der Waals surface area contributed by atoms with E-state index in [1.165, 1.54) is 13.2 Å². The molecule has 5 heteroatoms. The lowest BCUT2D eigenvalue weighted by Crippen LogP contribution is -2.35. The highest BCUT2D eigenvalue weighted by atomic mass is 19.1. The van der Waals surface area contributed by atoms with E-state index in [2.05, 4.69) is 0 Å². The second kappa shape index (κ2) is 4.84. The van der Waals surface area contributed by atoms with Crippen molar-refractivity contribution in [3.05, 3.63) is 59.6 Å². The molecule has 0 radical (unpaired) electrons. The Morgan fingerprint density at radius 1 is 1.37 bits per heavy atom. The van der Waals surface area contributed by atoms with Gasteiger partial charge in [-0.05, 0) is 25.1 Å². The van der Waals surface area contributed by atoms with Crippen LogP contribution >= 0.6 is 0 Å². The van der Waals surface area contributed by atoms with Crippen LogP contribution in [-0.2, 0) is 16.6 Å². The molecule has 1 aromatic carbocycles. The van der Waals surface area contributed by atoms with E-state index in [9.17, 15) is 18.7 Å². The number of carbonyl (C=O) groups is 1. The van der Waals surface area contributed by atoms with Gasteiger partial charge in [-0.15, -0.1) is 0 Å². The maximum absolute atomic E-state index is 13.8. The molecule has 0 aliphatic heterocycles. The van der Waals surface area contributed by atoms with Crippen molar-refractivity contribution in [1.82, 2.24) is 0 Å². The van der Waals surface area contributed by atoms with Crippen molar-refractivity contribution in [3.63, 3.8) is 0 Å². The van der Waals surface area contributed by atoms with Crippen molar-refractivity contribution in [2.45, 2.75) is 18.8 Å². The number of furan rings is 1. The summed E-state index contributed by atoms with van der Waals surface area (Å²) in [5, 5.41) is 9.38. The Hall–Kier alpha value is -2.17. The molecule has 100 valence electrons. The molecular weight excluding hydrogens is 254 g/mol. The van der Waals surface area contributed by atoms with E-state index >= 15 is 0 Å². The van der Waals surface area contributed by atoms with Crippen LogP contribution in [0.15, 0.2) is 41.0 Å². The van der Waals surface area contributed by atoms with Crippen LogP contribution in [0.3, 0.4) is 0 Å². The molecule has 0 aliphatic rings. The van der Waals surface area contributed by atoms with Crippen LogP contribution in [0.25, 0.3) is 0 Å². The van der Waals surface area contributed by atoms with Gasteiger partial charge in [-0.25, -0.2) is 8.78 Å². The van der Waals surface area contributed by atoms with Gasteiger partial charge in [-0.3, -0.25) is 4.79 Å². The van der Waals surface area contributed by atoms with Gasteiger partial charge in [0, 0.05) is 18.1 Å². The number of halogens is 2. The van der Waals surface area contributed by atoms with Crippen molar-refractivity contribution in [1.29, 1.82) is 0 Å². The van der Waals surface area contributed by atoms with Crippen LogP contribution < -0.4 is 0 Å². The summed E-state index contributed by atoms with van der Waals surface area (Å²) in [6.07, 6.45) is 1.40. The number of hydrogen-bond acceptors (Lipinski definition) is 2. The number of rotatable bonds is 4. The Kier molecular flexibility index (Phi) is 3.38. The van der Waals surface area contributed by atoms with Crippen LogP contribution in [0.2, 0.25) is 0 Å². The molecule has 0 spiro atoms. The molecule has 1 N–H and O–H groups in total. The smallest absolute Gasteiger partial charge is 0.314 e. The first kappa shape index (κ1) is 13.3. The topological polar surface area (TPSA) is 50.4 Å². The molecular formula is C14H12F2O3. The normalized spacial score (nSPS) is 14.1. The predicted molar refractivity (Wildman–Crippen MR) is 63.8 cm³/mol. The fourth-order valence-corrected chi connectivity index (χ4v) is 1.98. The summed E-state index contributed by atoms with van der Waals surface area (Å²) in [5.74, 6) is -2.40. The zero-order chi connectivity index (χ0) is 14.0. The Morgan fingerprint density at radius 2 is 2.11 bits per heavy atom. The van der Waals surface area contributed by atoms with Crippen molar-refractivity contribution >= 4 is 5.97 Å². The van der Waals surface area contributed by atoms with Crippen molar-refractivity contribution < 1.29 is 23.1 Å². The number of hydrogen-bond donors (Lipinski definition) is 1. The van der Waals surface area contributed by atoms with Gasteiger partial charge < -0.3 is 9.52 Å². The lowest BCUT2D eigenvalue weighted by molar-refractivity contribution is -0.143. The van der Waals surface area contributed by atoms with Crippen LogP contribution in [0.5, 0.6) is 0 Å². The fraction of sp³-hybridized carbons (Fsp3) is 0.214. The fourth-order valence-electron chi connectivity index (χ4n) is 1.98. The molecule has 1 aromatic heterocycles. The summed E-state index contributed by atoms with van der Waals surface area (Å²) in [7, 11) is 0. The third-order valence-corrected chi connectivity index (χ3v) is 3.11. The summed E-state index contributed by atoms with van der Waals surface area (Å²) >= 11 is 0. The first-order chi connectivity index (χ1) is 8.93. The van der Waals surface area contributed by atoms with Crippen molar-refractivity contribution in [2.75, 3.05) is 0 Å². The molecule has 0 bridgehead atoms. The zero-order valence-corrected chi connectivity index (χ0v) is 10.2. The Bertz CT molecular complexity index is 593. The predicted octanol–water partition coefficient (Wildman–Crippen LogP) is 3.14. The van der Waals surface area contributed by atoms with Crippen LogP contribution in [-0.4, -0.2) is 11.1 Å². The molecule has 3 nitrogen and oxygen atoms in total. The largest absolute Gasteiger partial charge is 0.481 e. The highest BCUT2D eigenvalue weighted by Crippen LogP contribution is 2.31. The number of aliphatic carboxylic acids is 1. The van der Waals surface area contributed by atoms with E-state index in [1.807, 2.05) is 0 Å². The summed E-state index contributed by atoms with van der Waals surface area (Å²) in [4.78, 5) is 11.5. The Morgan fingerprint density at radius 3 is 2.63 bits per heavy atom. The number of carboxylic acid groups (broad SMARTS) is 1. The molecule has 2 rings (SSSR count). The molecule has 0 fully saturated rings.